The van der Waals surface area contributed by atoms with Crippen LogP contribution in [0.4, 0.5) is 38.1 Å². The van der Waals surface area contributed by atoms with Crippen LogP contribution < -0.4 is 15.4 Å². The Balaban J connectivity index is 1.91. The summed E-state index contributed by atoms with van der Waals surface area (Å²) in [5.74, 6) is -0.934. The predicted molar refractivity (Wildman–Crippen MR) is 106 cm³/mol. The van der Waals surface area contributed by atoms with E-state index in [2.05, 4.69) is 20.6 Å². The SMILES string of the molecule is CC1(C)C(O)C(C)(C)C1Nc1nc(NCc2c[n+]([O-])ccc2C(F)(F)F)ncc1C(F)(F)F. The number of hydrogen-bond donors (Lipinski definition) is 3. The topological polar surface area (TPSA) is 97.0 Å². The Kier molecular flexibility index (Phi) is 5.93. The number of aliphatic hydroxyl groups excluding tert-OH is 1. The van der Waals surface area contributed by atoms with Gasteiger partial charge >= 0.3 is 12.4 Å². The van der Waals surface area contributed by atoms with Gasteiger partial charge in [0.25, 0.3) is 0 Å². The zero-order valence-electron chi connectivity index (χ0n) is 18.1. The van der Waals surface area contributed by atoms with Crippen molar-refractivity contribution in [3.63, 3.8) is 0 Å². The number of pyridine rings is 1. The minimum atomic E-state index is -4.80. The van der Waals surface area contributed by atoms with Gasteiger partial charge in [0, 0.05) is 41.2 Å². The minimum Gasteiger partial charge on any atom is -0.619 e. The largest absolute Gasteiger partial charge is 0.619 e. The lowest BCUT2D eigenvalue weighted by atomic mass is 9.49. The number of anilines is 2. The summed E-state index contributed by atoms with van der Waals surface area (Å²) in [6.45, 7) is 6.23. The maximum atomic E-state index is 13.5. The van der Waals surface area contributed by atoms with Gasteiger partial charge in [0.15, 0.2) is 12.4 Å². The van der Waals surface area contributed by atoms with Crippen molar-refractivity contribution in [2.75, 3.05) is 10.6 Å². The van der Waals surface area contributed by atoms with Crippen LogP contribution in [-0.4, -0.2) is 27.2 Å². The summed E-state index contributed by atoms with van der Waals surface area (Å²) in [5.41, 5.74) is -4.19. The van der Waals surface area contributed by atoms with Crippen molar-refractivity contribution in [1.82, 2.24) is 9.97 Å². The van der Waals surface area contributed by atoms with Gasteiger partial charge in [-0.3, -0.25) is 0 Å². The molecule has 1 aliphatic carbocycles. The minimum absolute atomic E-state index is 0.179. The van der Waals surface area contributed by atoms with E-state index < -0.39 is 64.4 Å². The molecule has 7 nitrogen and oxygen atoms in total. The van der Waals surface area contributed by atoms with Crippen molar-refractivity contribution in [2.45, 2.75) is 58.7 Å². The lowest BCUT2D eigenvalue weighted by Gasteiger charge is -2.62. The maximum absolute atomic E-state index is 13.5. The van der Waals surface area contributed by atoms with E-state index in [9.17, 15) is 36.7 Å². The molecule has 0 radical (unpaired) electrons. The third-order valence-corrected chi connectivity index (χ3v) is 6.03. The third kappa shape index (κ3) is 4.63. The molecule has 0 unspecified atom stereocenters. The summed E-state index contributed by atoms with van der Waals surface area (Å²) in [6.07, 6.45) is -8.39. The van der Waals surface area contributed by atoms with Crippen molar-refractivity contribution >= 4 is 11.8 Å². The van der Waals surface area contributed by atoms with Crippen molar-refractivity contribution in [3.8, 4) is 0 Å². The van der Waals surface area contributed by atoms with Crippen molar-refractivity contribution < 1.29 is 36.2 Å². The highest BCUT2D eigenvalue weighted by atomic mass is 19.4. The molecule has 182 valence electrons. The van der Waals surface area contributed by atoms with Gasteiger partial charge in [-0.2, -0.15) is 36.1 Å². The van der Waals surface area contributed by atoms with Gasteiger partial charge in [-0.05, 0) is 0 Å². The average molecular weight is 479 g/mol. The molecule has 1 saturated carbocycles. The first-order valence-electron chi connectivity index (χ1n) is 9.87. The molecule has 2 aromatic heterocycles. The average Bonchev–Trinajstić information content (AvgIpc) is 2.68. The fourth-order valence-corrected chi connectivity index (χ4v) is 4.54. The van der Waals surface area contributed by atoms with E-state index in [1.807, 2.05) is 0 Å². The Morgan fingerprint density at radius 3 is 2.18 bits per heavy atom. The number of alkyl halides is 6. The molecule has 0 aromatic carbocycles. The van der Waals surface area contributed by atoms with Crippen molar-refractivity contribution in [3.05, 3.63) is 46.6 Å². The molecule has 3 rings (SSSR count). The molecular weight excluding hydrogens is 456 g/mol. The monoisotopic (exact) mass is 479 g/mol. The number of rotatable bonds is 5. The Bertz CT molecular complexity index is 1020. The molecule has 0 saturated heterocycles. The molecule has 0 aliphatic heterocycles. The van der Waals surface area contributed by atoms with Crippen LogP contribution in [0, 0.1) is 16.0 Å². The summed E-state index contributed by atoms with van der Waals surface area (Å²) in [5, 5.41) is 27.0. The molecule has 13 heteroatoms. The highest BCUT2D eigenvalue weighted by Crippen LogP contribution is 2.55. The summed E-state index contributed by atoms with van der Waals surface area (Å²) in [6, 6.07) is 0.0191. The summed E-state index contributed by atoms with van der Waals surface area (Å²) < 4.78 is 80.4. The molecule has 0 bridgehead atoms. The predicted octanol–water partition coefficient (Wildman–Crippen LogP) is 3.97. The molecular formula is C20H23F6N5O2. The van der Waals surface area contributed by atoms with Crippen LogP contribution in [-0.2, 0) is 18.9 Å². The number of nitrogens with one attached hydrogen (secondary N) is 2. The highest BCUT2D eigenvalue weighted by molar-refractivity contribution is 5.51. The first kappa shape index (κ1) is 24.8. The molecule has 0 atom stereocenters. The normalized spacial score (nSPS) is 21.9. The van der Waals surface area contributed by atoms with Crippen LogP contribution in [0.5, 0.6) is 0 Å². The summed E-state index contributed by atoms with van der Waals surface area (Å²) in [4.78, 5) is 7.42. The first-order chi connectivity index (χ1) is 15.0. The summed E-state index contributed by atoms with van der Waals surface area (Å²) in [7, 11) is 0. The molecule has 1 aliphatic rings. The second-order valence-electron chi connectivity index (χ2n) is 9.17. The number of hydrogen-bond acceptors (Lipinski definition) is 6. The Morgan fingerprint density at radius 2 is 1.64 bits per heavy atom. The molecule has 1 fully saturated rings. The van der Waals surface area contributed by atoms with E-state index >= 15 is 0 Å². The number of aliphatic hydroxyl groups is 1. The number of nitrogens with zero attached hydrogens (tertiary/aromatic N) is 3. The Morgan fingerprint density at radius 1 is 1.06 bits per heavy atom. The van der Waals surface area contributed by atoms with E-state index in [0.29, 0.717) is 24.7 Å². The smallest absolute Gasteiger partial charge is 0.421 e. The van der Waals surface area contributed by atoms with Gasteiger partial charge in [0.1, 0.15) is 11.4 Å². The van der Waals surface area contributed by atoms with Crippen LogP contribution in [0.15, 0.2) is 24.7 Å². The third-order valence-electron chi connectivity index (χ3n) is 6.03. The standard InChI is InChI=1S/C20H23F6N5O2/c1-17(2)14(18(3,4)15(17)32)29-13-12(20(24,25)26)8-28-16(30-13)27-7-10-9-31(33)6-5-11(10)19(21,22)23/h5-6,8-9,14-15,32H,7H2,1-4H3,(H2,27,28,29,30). The number of halogens is 6. The zero-order chi connectivity index (χ0) is 25.0. The van der Waals surface area contributed by atoms with Gasteiger partial charge in [-0.25, -0.2) is 4.98 Å². The quantitative estimate of drug-likeness (QED) is 0.341. The Hall–Kier alpha value is -2.83. The van der Waals surface area contributed by atoms with Crippen LogP contribution in [0.1, 0.15) is 44.4 Å². The molecule has 3 N–H and O–H groups in total. The van der Waals surface area contributed by atoms with Crippen molar-refractivity contribution in [2.24, 2.45) is 10.8 Å². The molecule has 2 heterocycles. The van der Waals surface area contributed by atoms with Crippen LogP contribution in [0.25, 0.3) is 0 Å². The van der Waals surface area contributed by atoms with E-state index in [1.54, 1.807) is 27.7 Å². The zero-order valence-corrected chi connectivity index (χ0v) is 18.1. The second-order valence-corrected chi connectivity index (χ2v) is 9.17. The first-order valence-corrected chi connectivity index (χ1v) is 9.87. The van der Waals surface area contributed by atoms with Gasteiger partial charge in [0.05, 0.1) is 11.7 Å². The van der Waals surface area contributed by atoms with E-state index in [0.717, 1.165) is 0 Å². The van der Waals surface area contributed by atoms with E-state index in [4.69, 9.17) is 0 Å². The van der Waals surface area contributed by atoms with Gasteiger partial charge < -0.3 is 20.9 Å². The molecule has 33 heavy (non-hydrogen) atoms. The fourth-order valence-electron chi connectivity index (χ4n) is 4.54. The number of aromatic nitrogens is 3. The van der Waals surface area contributed by atoms with E-state index in [-0.39, 0.29) is 10.7 Å². The van der Waals surface area contributed by atoms with Gasteiger partial charge in [-0.1, -0.05) is 27.7 Å². The van der Waals surface area contributed by atoms with Crippen LogP contribution in [0.2, 0.25) is 0 Å². The second kappa shape index (κ2) is 7.89. The highest BCUT2D eigenvalue weighted by Gasteiger charge is 2.61. The van der Waals surface area contributed by atoms with Crippen LogP contribution in [0.3, 0.4) is 0 Å². The maximum Gasteiger partial charge on any atom is 0.421 e. The van der Waals surface area contributed by atoms with Crippen LogP contribution >= 0.6 is 0 Å². The van der Waals surface area contributed by atoms with Gasteiger partial charge in [0.2, 0.25) is 5.95 Å². The lowest BCUT2D eigenvalue weighted by molar-refractivity contribution is -0.606. The Labute approximate surface area is 185 Å². The fraction of sp³-hybridized carbons (Fsp3) is 0.550. The molecule has 0 spiro atoms. The lowest BCUT2D eigenvalue weighted by Crippen LogP contribution is -2.70. The molecule has 2 aromatic rings. The van der Waals surface area contributed by atoms with Gasteiger partial charge in [-0.15, -0.1) is 0 Å². The summed E-state index contributed by atoms with van der Waals surface area (Å²) >= 11 is 0. The molecule has 0 amide bonds. The van der Waals surface area contributed by atoms with Crippen molar-refractivity contribution in [1.29, 1.82) is 0 Å². The van der Waals surface area contributed by atoms with E-state index in [1.165, 1.54) is 0 Å².